The first-order valence-corrected chi connectivity index (χ1v) is 11.0. The summed E-state index contributed by atoms with van der Waals surface area (Å²) in [5.41, 5.74) is -0.492. The molecule has 3 saturated carbocycles. The summed E-state index contributed by atoms with van der Waals surface area (Å²) in [4.78, 5) is 36.6. The maximum absolute atomic E-state index is 12.4. The fourth-order valence-corrected chi connectivity index (χ4v) is 8.55. The first kappa shape index (κ1) is 18.1. The smallest absolute Gasteiger partial charge is 0.307 e. The Kier molecular flexibility index (Phi) is 3.20. The van der Waals surface area contributed by atoms with Gasteiger partial charge in [-0.15, -0.1) is 0 Å². The Morgan fingerprint density at radius 3 is 2.66 bits per heavy atom. The average Bonchev–Trinajstić information content (AvgIpc) is 3.14. The molecule has 2 spiro atoms. The molecule has 0 amide bonds. The van der Waals surface area contributed by atoms with Gasteiger partial charge >= 0.3 is 11.9 Å². The van der Waals surface area contributed by atoms with E-state index in [2.05, 4.69) is 13.8 Å². The SMILES string of the molecule is C[C@]12CCC(=O)C=C1C[C@@H](C(=O)O)[C@H]1[C@@H]3CC[C@@]4(CCC(=O)O4)[C@@]3(C)C[C@H]3OC132. The van der Waals surface area contributed by atoms with Crippen molar-refractivity contribution in [3.63, 3.8) is 0 Å². The Balaban J connectivity index is 1.49. The number of ketones is 1. The summed E-state index contributed by atoms with van der Waals surface area (Å²) in [6.07, 6.45) is 7.07. The number of carboxylic acid groups (broad SMARTS) is 1. The fraction of sp³-hybridized carbons (Fsp3) is 0.783. The third-order valence-electron chi connectivity index (χ3n) is 10.0. The van der Waals surface area contributed by atoms with E-state index in [4.69, 9.17) is 9.47 Å². The van der Waals surface area contributed by atoms with Crippen molar-refractivity contribution in [1.29, 1.82) is 0 Å². The minimum Gasteiger partial charge on any atom is -0.481 e. The van der Waals surface area contributed by atoms with E-state index in [-0.39, 0.29) is 40.5 Å². The van der Waals surface area contributed by atoms with Gasteiger partial charge in [-0.1, -0.05) is 19.4 Å². The van der Waals surface area contributed by atoms with Gasteiger partial charge in [0.05, 0.1) is 12.0 Å². The maximum Gasteiger partial charge on any atom is 0.307 e. The molecule has 2 heterocycles. The molecule has 0 radical (unpaired) electrons. The van der Waals surface area contributed by atoms with Gasteiger partial charge in [0, 0.05) is 29.6 Å². The summed E-state index contributed by atoms with van der Waals surface area (Å²) in [6.45, 7) is 4.41. The predicted octanol–water partition coefficient (Wildman–Crippen LogP) is 3.04. The molecule has 29 heavy (non-hydrogen) atoms. The Morgan fingerprint density at radius 1 is 1.17 bits per heavy atom. The molecule has 0 bridgehead atoms. The summed E-state index contributed by atoms with van der Waals surface area (Å²) in [5, 5.41) is 10.2. The second kappa shape index (κ2) is 5.13. The molecule has 4 aliphatic carbocycles. The van der Waals surface area contributed by atoms with E-state index >= 15 is 0 Å². The van der Waals surface area contributed by atoms with Crippen LogP contribution >= 0.6 is 0 Å². The van der Waals surface area contributed by atoms with Crippen LogP contribution in [0, 0.1) is 28.6 Å². The molecule has 1 N–H and O–H groups in total. The van der Waals surface area contributed by atoms with Crippen LogP contribution in [-0.2, 0) is 23.9 Å². The first-order valence-electron chi connectivity index (χ1n) is 11.0. The number of hydrogen-bond acceptors (Lipinski definition) is 5. The van der Waals surface area contributed by atoms with Crippen molar-refractivity contribution < 1.29 is 29.0 Å². The molecular formula is C23H28O6. The van der Waals surface area contributed by atoms with Crippen molar-refractivity contribution in [2.45, 2.75) is 82.5 Å². The van der Waals surface area contributed by atoms with Crippen molar-refractivity contribution in [3.05, 3.63) is 11.6 Å². The second-order valence-electron chi connectivity index (χ2n) is 10.8. The van der Waals surface area contributed by atoms with E-state index in [0.29, 0.717) is 19.3 Å². The van der Waals surface area contributed by atoms with Crippen LogP contribution in [0.25, 0.3) is 0 Å². The third-order valence-corrected chi connectivity index (χ3v) is 10.0. The quantitative estimate of drug-likeness (QED) is 0.537. The van der Waals surface area contributed by atoms with Crippen LogP contribution in [0.2, 0.25) is 0 Å². The van der Waals surface area contributed by atoms with Gasteiger partial charge in [0.15, 0.2) is 5.78 Å². The molecule has 6 heteroatoms. The van der Waals surface area contributed by atoms with Crippen LogP contribution in [-0.4, -0.2) is 40.1 Å². The van der Waals surface area contributed by atoms with Crippen LogP contribution < -0.4 is 0 Å². The lowest BCUT2D eigenvalue weighted by Gasteiger charge is -2.58. The fourth-order valence-electron chi connectivity index (χ4n) is 8.55. The molecule has 0 aromatic heterocycles. The topological polar surface area (TPSA) is 93.2 Å². The van der Waals surface area contributed by atoms with Gasteiger partial charge in [0.25, 0.3) is 0 Å². The van der Waals surface area contributed by atoms with Gasteiger partial charge in [-0.25, -0.2) is 0 Å². The molecule has 6 nitrogen and oxygen atoms in total. The Bertz CT molecular complexity index is 892. The van der Waals surface area contributed by atoms with Gasteiger partial charge in [-0.3, -0.25) is 14.4 Å². The molecule has 1 unspecified atom stereocenters. The predicted molar refractivity (Wildman–Crippen MR) is 101 cm³/mol. The van der Waals surface area contributed by atoms with Crippen LogP contribution in [0.4, 0.5) is 0 Å². The van der Waals surface area contributed by atoms with E-state index < -0.39 is 23.1 Å². The molecule has 2 saturated heterocycles. The standard InChI is InChI=1S/C23H28O6/c1-20-6-3-13(24)9-12(20)10-14(19(26)27)18-15-4-7-22(8-5-17(25)29-22)21(15,2)11-16-23(18,20)28-16/h9,14-16,18H,3-8,10-11H2,1-2H3,(H,26,27)/t14-,15+,16-,18+,20+,21+,22-,23?/m1/s1. The number of carbonyl (C=O) groups is 3. The van der Waals surface area contributed by atoms with Crippen molar-refractivity contribution in [3.8, 4) is 0 Å². The molecule has 2 aliphatic heterocycles. The number of carbonyl (C=O) groups excluding carboxylic acids is 2. The van der Waals surface area contributed by atoms with Gasteiger partial charge in [0.2, 0.25) is 0 Å². The molecule has 6 rings (SSSR count). The van der Waals surface area contributed by atoms with Crippen molar-refractivity contribution in [1.82, 2.24) is 0 Å². The zero-order valence-corrected chi connectivity index (χ0v) is 17.0. The summed E-state index contributed by atoms with van der Waals surface area (Å²) >= 11 is 0. The maximum atomic E-state index is 12.4. The van der Waals surface area contributed by atoms with E-state index in [1.54, 1.807) is 6.08 Å². The minimum atomic E-state index is -0.793. The van der Waals surface area contributed by atoms with Crippen LogP contribution in [0.5, 0.6) is 0 Å². The van der Waals surface area contributed by atoms with Crippen LogP contribution in [0.1, 0.15) is 65.2 Å². The zero-order chi connectivity index (χ0) is 20.4. The number of epoxide rings is 1. The average molecular weight is 400 g/mol. The first-order chi connectivity index (χ1) is 13.7. The van der Waals surface area contributed by atoms with E-state index in [1.165, 1.54) is 0 Å². The molecule has 8 atom stereocenters. The highest BCUT2D eigenvalue weighted by atomic mass is 16.6. The zero-order valence-electron chi connectivity index (χ0n) is 17.0. The largest absolute Gasteiger partial charge is 0.481 e. The molecule has 156 valence electrons. The number of rotatable bonds is 1. The Morgan fingerprint density at radius 2 is 1.97 bits per heavy atom. The lowest BCUT2D eigenvalue weighted by molar-refractivity contribution is -0.171. The second-order valence-corrected chi connectivity index (χ2v) is 10.8. The minimum absolute atomic E-state index is 0.0215. The van der Waals surface area contributed by atoms with Crippen molar-refractivity contribution >= 4 is 17.7 Å². The summed E-state index contributed by atoms with van der Waals surface area (Å²) in [7, 11) is 0. The highest BCUT2D eigenvalue weighted by molar-refractivity contribution is 5.92. The number of carboxylic acids is 1. The normalized spacial score (nSPS) is 54.8. The Labute approximate surface area is 170 Å². The van der Waals surface area contributed by atoms with Crippen LogP contribution in [0.15, 0.2) is 11.6 Å². The van der Waals surface area contributed by atoms with E-state index in [1.807, 2.05) is 0 Å². The molecule has 5 fully saturated rings. The lowest BCUT2D eigenvalue weighted by Crippen LogP contribution is -2.63. The van der Waals surface area contributed by atoms with Gasteiger partial charge in [-0.2, -0.15) is 0 Å². The molecule has 0 aromatic rings. The highest BCUT2D eigenvalue weighted by Gasteiger charge is 2.83. The summed E-state index contributed by atoms with van der Waals surface area (Å²) in [5.74, 6) is -1.31. The molecule has 0 aromatic carbocycles. The molecular weight excluding hydrogens is 372 g/mol. The summed E-state index contributed by atoms with van der Waals surface area (Å²) in [6, 6.07) is 0. The molecule has 6 aliphatic rings. The number of esters is 1. The Hall–Kier alpha value is -1.69. The van der Waals surface area contributed by atoms with Gasteiger partial charge in [0.1, 0.15) is 11.2 Å². The third kappa shape index (κ3) is 1.86. The number of ether oxygens (including phenoxy) is 2. The van der Waals surface area contributed by atoms with Crippen molar-refractivity contribution in [2.24, 2.45) is 28.6 Å². The highest BCUT2D eigenvalue weighted by Crippen LogP contribution is 2.78. The van der Waals surface area contributed by atoms with E-state index in [0.717, 1.165) is 37.7 Å². The number of hydrogen-bond donors (Lipinski definition) is 1. The summed E-state index contributed by atoms with van der Waals surface area (Å²) < 4.78 is 12.5. The monoisotopic (exact) mass is 400 g/mol. The van der Waals surface area contributed by atoms with Gasteiger partial charge in [-0.05, 0) is 50.5 Å². The van der Waals surface area contributed by atoms with Gasteiger partial charge < -0.3 is 14.6 Å². The number of aliphatic carboxylic acids is 1. The van der Waals surface area contributed by atoms with Crippen LogP contribution in [0.3, 0.4) is 0 Å². The lowest BCUT2D eigenvalue weighted by atomic mass is 9.43. The van der Waals surface area contributed by atoms with E-state index in [9.17, 15) is 19.5 Å². The number of fused-ring (bicyclic) bond motifs is 4. The van der Waals surface area contributed by atoms with Crippen molar-refractivity contribution in [2.75, 3.05) is 0 Å².